The lowest BCUT2D eigenvalue weighted by molar-refractivity contribution is -0.664. The van der Waals surface area contributed by atoms with Crippen molar-refractivity contribution in [1.29, 1.82) is 5.41 Å². The number of rotatable bonds is 7. The van der Waals surface area contributed by atoms with Gasteiger partial charge in [0.2, 0.25) is 6.04 Å². The highest BCUT2D eigenvalue weighted by Crippen LogP contribution is 2.03. The highest BCUT2D eigenvalue weighted by Gasteiger charge is 2.29. The Labute approximate surface area is 90.8 Å². The molecule has 0 bridgehead atoms. The number of carbonyl (C=O) groups is 1. The molecule has 0 radical (unpaired) electrons. The molecule has 1 unspecified atom stereocenters. The van der Waals surface area contributed by atoms with Gasteiger partial charge in [-0.3, -0.25) is 5.41 Å². The molecule has 0 aliphatic rings. The van der Waals surface area contributed by atoms with Crippen LogP contribution >= 0.6 is 0 Å². The van der Waals surface area contributed by atoms with Crippen molar-refractivity contribution in [1.82, 2.24) is 10.4 Å². The predicted octanol–water partition coefficient (Wildman–Crippen LogP) is -1.93. The minimum absolute atomic E-state index is 0.0207. The summed E-state index contributed by atoms with van der Waals surface area (Å²) in [6.07, 6.45) is 0.269. The Morgan fingerprint density at radius 1 is 1.69 bits per heavy atom. The molecule has 0 saturated carbocycles. The van der Waals surface area contributed by atoms with E-state index in [2.05, 4.69) is 5.32 Å². The lowest BCUT2D eigenvalue weighted by Crippen LogP contribution is -2.49. The second-order valence-electron chi connectivity index (χ2n) is 2.95. The number of nitrogens with two attached hydrogens (primary N) is 2. The Kier molecular flexibility index (Phi) is 5.56. The fraction of sp³-hybridized carbons (Fsp3) is 0.667. The van der Waals surface area contributed by atoms with Gasteiger partial charge in [-0.05, 0) is 18.0 Å². The molecule has 10 nitrogen and oxygen atoms in total. The SMILES string of the molecule is N=C(N)NCCCC(C(=O)O)N(N)[N+](=O)[O-]. The summed E-state index contributed by atoms with van der Waals surface area (Å²) in [7, 11) is 0. The molecule has 0 fully saturated rings. The number of aliphatic carboxylic acids is 1. The molecule has 0 aromatic carbocycles. The van der Waals surface area contributed by atoms with Crippen LogP contribution in [0.2, 0.25) is 0 Å². The molecule has 0 aromatic heterocycles. The van der Waals surface area contributed by atoms with Crippen LogP contribution in [0.15, 0.2) is 0 Å². The summed E-state index contributed by atoms with van der Waals surface area (Å²) in [5, 5.41) is 27.3. The molecule has 0 amide bonds. The average molecular weight is 234 g/mol. The molecule has 10 heteroatoms. The topological polar surface area (TPSA) is 172 Å². The average Bonchev–Trinajstić information content (AvgIpc) is 2.15. The zero-order valence-corrected chi connectivity index (χ0v) is 8.42. The molecule has 16 heavy (non-hydrogen) atoms. The number of nitrogens with zero attached hydrogens (tertiary/aromatic N) is 2. The number of carboxylic acids is 1. The van der Waals surface area contributed by atoms with Crippen LogP contribution < -0.4 is 16.9 Å². The number of nitrogens with one attached hydrogen (secondary N) is 2. The van der Waals surface area contributed by atoms with Gasteiger partial charge in [0.05, 0.1) is 0 Å². The van der Waals surface area contributed by atoms with Crippen LogP contribution in [0.3, 0.4) is 0 Å². The maximum absolute atomic E-state index is 10.7. The fourth-order valence-corrected chi connectivity index (χ4v) is 1.00. The van der Waals surface area contributed by atoms with E-state index < -0.39 is 17.0 Å². The molecule has 0 rings (SSSR count). The zero-order chi connectivity index (χ0) is 12.7. The highest BCUT2D eigenvalue weighted by molar-refractivity contribution is 5.74. The number of guanidine groups is 1. The summed E-state index contributed by atoms with van der Waals surface area (Å²) in [6.45, 7) is 0.255. The van der Waals surface area contributed by atoms with E-state index in [9.17, 15) is 14.9 Å². The van der Waals surface area contributed by atoms with Gasteiger partial charge in [0, 0.05) is 6.54 Å². The van der Waals surface area contributed by atoms with Gasteiger partial charge in [-0.2, -0.15) is 5.84 Å². The van der Waals surface area contributed by atoms with E-state index >= 15 is 0 Å². The van der Waals surface area contributed by atoms with Gasteiger partial charge in [-0.1, -0.05) is 0 Å². The molecule has 0 saturated heterocycles. The van der Waals surface area contributed by atoms with Crippen LogP contribution in [0.5, 0.6) is 0 Å². The predicted molar refractivity (Wildman–Crippen MR) is 53.6 cm³/mol. The second kappa shape index (κ2) is 6.40. The minimum atomic E-state index is -1.40. The molecule has 92 valence electrons. The molecular formula is C6H14N6O4. The van der Waals surface area contributed by atoms with Crippen molar-refractivity contribution in [3.05, 3.63) is 10.1 Å². The molecule has 0 spiro atoms. The Bertz CT molecular complexity index is 282. The van der Waals surface area contributed by atoms with Crippen molar-refractivity contribution in [2.45, 2.75) is 18.9 Å². The zero-order valence-electron chi connectivity index (χ0n) is 8.42. The lowest BCUT2D eigenvalue weighted by Gasteiger charge is -2.16. The highest BCUT2D eigenvalue weighted by atomic mass is 16.7. The first-order chi connectivity index (χ1) is 7.36. The van der Waals surface area contributed by atoms with E-state index in [0.29, 0.717) is 0 Å². The Balaban J connectivity index is 4.10. The molecule has 1 atom stereocenters. The van der Waals surface area contributed by atoms with Crippen LogP contribution in [0.1, 0.15) is 12.8 Å². The summed E-state index contributed by atoms with van der Waals surface area (Å²) in [6, 6.07) is -1.40. The summed E-state index contributed by atoms with van der Waals surface area (Å²) in [4.78, 5) is 20.9. The molecule has 0 heterocycles. The summed E-state index contributed by atoms with van der Waals surface area (Å²) < 4.78 is 0. The molecular weight excluding hydrogens is 220 g/mol. The maximum atomic E-state index is 10.7. The first-order valence-corrected chi connectivity index (χ1v) is 4.35. The quantitative estimate of drug-likeness (QED) is 0.0845. The van der Waals surface area contributed by atoms with Crippen LogP contribution in [0.25, 0.3) is 0 Å². The number of hydrogen-bond donors (Lipinski definition) is 5. The fourth-order valence-electron chi connectivity index (χ4n) is 1.00. The molecule has 0 aromatic rings. The van der Waals surface area contributed by atoms with Crippen LogP contribution in [0, 0.1) is 15.5 Å². The van der Waals surface area contributed by atoms with Gasteiger partial charge < -0.3 is 16.2 Å². The van der Waals surface area contributed by atoms with Crippen LogP contribution in [0.4, 0.5) is 0 Å². The van der Waals surface area contributed by atoms with Crippen molar-refractivity contribution in [3.8, 4) is 0 Å². The summed E-state index contributed by atoms with van der Waals surface area (Å²) >= 11 is 0. The largest absolute Gasteiger partial charge is 0.480 e. The number of hydrogen-bond acceptors (Lipinski definition) is 5. The summed E-state index contributed by atoms with van der Waals surface area (Å²) in [5.41, 5.74) is 4.99. The summed E-state index contributed by atoms with van der Waals surface area (Å²) in [5.74, 6) is 3.35. The van der Waals surface area contributed by atoms with Crippen LogP contribution in [-0.4, -0.2) is 39.8 Å². The van der Waals surface area contributed by atoms with Crippen LogP contribution in [-0.2, 0) is 4.79 Å². The van der Waals surface area contributed by atoms with Crippen molar-refractivity contribution in [2.75, 3.05) is 6.54 Å². The maximum Gasteiger partial charge on any atom is 0.334 e. The van der Waals surface area contributed by atoms with Gasteiger partial charge in [-0.15, -0.1) is 0 Å². The number of carboxylic acid groups (broad SMARTS) is 1. The van der Waals surface area contributed by atoms with E-state index in [4.69, 9.17) is 22.1 Å². The van der Waals surface area contributed by atoms with Gasteiger partial charge in [-0.25, -0.2) is 14.9 Å². The monoisotopic (exact) mass is 234 g/mol. The third-order valence-corrected chi connectivity index (χ3v) is 1.76. The van der Waals surface area contributed by atoms with E-state index in [1.807, 2.05) is 0 Å². The van der Waals surface area contributed by atoms with Crippen molar-refractivity contribution in [3.63, 3.8) is 0 Å². The smallest absolute Gasteiger partial charge is 0.334 e. The molecule has 7 N–H and O–H groups in total. The van der Waals surface area contributed by atoms with Gasteiger partial charge in [0.1, 0.15) is 0 Å². The van der Waals surface area contributed by atoms with Crippen molar-refractivity contribution < 1.29 is 14.9 Å². The number of nitro groups is 1. The number of hydrazine groups is 2. The second-order valence-corrected chi connectivity index (χ2v) is 2.95. The van der Waals surface area contributed by atoms with Gasteiger partial charge in [0.15, 0.2) is 11.0 Å². The van der Waals surface area contributed by atoms with E-state index in [1.54, 1.807) is 0 Å². The van der Waals surface area contributed by atoms with E-state index in [1.165, 1.54) is 0 Å². The Morgan fingerprint density at radius 3 is 2.62 bits per heavy atom. The molecule has 0 aliphatic carbocycles. The van der Waals surface area contributed by atoms with Gasteiger partial charge in [0.25, 0.3) is 0 Å². The Hall–Kier alpha value is -2.10. The standard InChI is InChI=1S/C6H14N6O4/c7-6(8)10-3-1-2-4(5(13)14)11(9)12(15)16/h4H,1-3,9H2,(H,13,14)(H4,7,8,10). The first kappa shape index (κ1) is 13.9. The third-order valence-electron chi connectivity index (χ3n) is 1.76. The van der Waals surface area contributed by atoms with Crippen molar-refractivity contribution in [2.24, 2.45) is 11.6 Å². The normalized spacial score (nSPS) is 11.6. The van der Waals surface area contributed by atoms with Crippen molar-refractivity contribution >= 4 is 11.9 Å². The van der Waals surface area contributed by atoms with Gasteiger partial charge >= 0.3 is 5.97 Å². The Morgan fingerprint density at radius 2 is 2.25 bits per heavy atom. The lowest BCUT2D eigenvalue weighted by atomic mass is 10.1. The van der Waals surface area contributed by atoms with E-state index in [0.717, 1.165) is 0 Å². The molecule has 0 aliphatic heterocycles. The minimum Gasteiger partial charge on any atom is -0.480 e. The van der Waals surface area contributed by atoms with E-state index in [-0.39, 0.29) is 30.5 Å². The first-order valence-electron chi connectivity index (χ1n) is 4.35. The third kappa shape index (κ3) is 4.95.